The van der Waals surface area contributed by atoms with Crippen molar-refractivity contribution < 1.29 is 32.2 Å². The maximum Gasteiger partial charge on any atom is 0.309 e. The second kappa shape index (κ2) is 9.71. The number of piperidine rings is 1. The summed E-state index contributed by atoms with van der Waals surface area (Å²) in [5, 5.41) is 0.779. The SMILES string of the molecule is O=C(COC(=O)C1CCN(S(=O)(=O)c2ccc3c(c2)OCCCO3)CC1)c1c[nH]c2ccccc12. The molecule has 3 aromatic rings. The monoisotopic (exact) mass is 498 g/mol. The highest BCUT2D eigenvalue weighted by Gasteiger charge is 2.33. The van der Waals surface area contributed by atoms with Crippen molar-refractivity contribution in [1.29, 1.82) is 0 Å². The van der Waals surface area contributed by atoms with E-state index in [9.17, 15) is 18.0 Å². The second-order valence-corrected chi connectivity index (χ2v) is 10.6. The van der Waals surface area contributed by atoms with Crippen molar-refractivity contribution in [3.05, 3.63) is 54.2 Å². The van der Waals surface area contributed by atoms with Gasteiger partial charge in [0.1, 0.15) is 0 Å². The molecule has 0 bridgehead atoms. The summed E-state index contributed by atoms with van der Waals surface area (Å²) >= 11 is 0. The first-order valence-electron chi connectivity index (χ1n) is 11.6. The number of carbonyl (C=O) groups excluding carboxylic acids is 2. The highest BCUT2D eigenvalue weighted by atomic mass is 32.2. The lowest BCUT2D eigenvalue weighted by Crippen LogP contribution is -2.40. The Bertz CT molecular complexity index is 1360. The van der Waals surface area contributed by atoms with Crippen LogP contribution in [0.2, 0.25) is 0 Å². The molecule has 1 aromatic heterocycles. The Labute approximate surface area is 203 Å². The number of fused-ring (bicyclic) bond motifs is 2. The molecule has 0 amide bonds. The smallest absolute Gasteiger partial charge is 0.309 e. The number of H-pyrrole nitrogens is 1. The van der Waals surface area contributed by atoms with Crippen molar-refractivity contribution in [2.45, 2.75) is 24.2 Å². The summed E-state index contributed by atoms with van der Waals surface area (Å²) in [4.78, 5) is 28.3. The molecule has 1 saturated heterocycles. The number of aromatic amines is 1. The molecule has 184 valence electrons. The van der Waals surface area contributed by atoms with Gasteiger partial charge in [-0.2, -0.15) is 4.31 Å². The number of Topliss-reactive ketones (excluding diaryl/α,β-unsaturated/α-hetero) is 1. The summed E-state index contributed by atoms with van der Waals surface area (Å²) < 4.78 is 44.2. The normalized spacial score (nSPS) is 17.1. The Hall–Kier alpha value is -3.37. The number of hydrogen-bond acceptors (Lipinski definition) is 7. The van der Waals surface area contributed by atoms with Gasteiger partial charge in [-0.1, -0.05) is 18.2 Å². The molecule has 5 rings (SSSR count). The number of benzene rings is 2. The molecule has 35 heavy (non-hydrogen) atoms. The van der Waals surface area contributed by atoms with Crippen LogP contribution in [-0.2, 0) is 19.6 Å². The van der Waals surface area contributed by atoms with Crippen molar-refractivity contribution >= 4 is 32.7 Å². The van der Waals surface area contributed by atoms with E-state index in [0.29, 0.717) is 43.1 Å². The van der Waals surface area contributed by atoms with Crippen LogP contribution in [0.4, 0.5) is 0 Å². The zero-order chi connectivity index (χ0) is 24.4. The van der Waals surface area contributed by atoms with E-state index in [1.54, 1.807) is 12.3 Å². The summed E-state index contributed by atoms with van der Waals surface area (Å²) in [7, 11) is -3.74. The van der Waals surface area contributed by atoms with Gasteiger partial charge in [-0.15, -0.1) is 0 Å². The topological polar surface area (TPSA) is 115 Å². The van der Waals surface area contributed by atoms with Crippen molar-refractivity contribution in [1.82, 2.24) is 9.29 Å². The number of esters is 1. The van der Waals surface area contributed by atoms with Crippen molar-refractivity contribution in [3.63, 3.8) is 0 Å². The van der Waals surface area contributed by atoms with Crippen molar-refractivity contribution in [3.8, 4) is 11.5 Å². The maximum atomic E-state index is 13.2. The molecule has 0 unspecified atom stereocenters. The fourth-order valence-electron chi connectivity index (χ4n) is 4.42. The van der Waals surface area contributed by atoms with Gasteiger partial charge in [0.15, 0.2) is 18.1 Å². The molecule has 9 nitrogen and oxygen atoms in total. The van der Waals surface area contributed by atoms with E-state index in [1.165, 1.54) is 16.4 Å². The van der Waals surface area contributed by atoms with Gasteiger partial charge in [-0.3, -0.25) is 9.59 Å². The van der Waals surface area contributed by atoms with Crippen LogP contribution in [0.25, 0.3) is 10.9 Å². The van der Waals surface area contributed by atoms with Crippen LogP contribution in [-0.4, -0.2) is 62.4 Å². The van der Waals surface area contributed by atoms with Crippen molar-refractivity contribution in [2.75, 3.05) is 32.9 Å². The third kappa shape index (κ3) is 4.76. The number of ketones is 1. The minimum atomic E-state index is -3.74. The Balaban J connectivity index is 1.17. The van der Waals surface area contributed by atoms with Crippen LogP contribution < -0.4 is 9.47 Å². The van der Waals surface area contributed by atoms with Gasteiger partial charge in [0.05, 0.1) is 24.0 Å². The number of rotatable bonds is 6. The lowest BCUT2D eigenvalue weighted by molar-refractivity contribution is -0.148. The molecule has 3 heterocycles. The average molecular weight is 499 g/mol. The first-order valence-corrected chi connectivity index (χ1v) is 13.0. The quantitative estimate of drug-likeness (QED) is 0.410. The molecule has 1 N–H and O–H groups in total. The average Bonchev–Trinajstić information content (AvgIpc) is 3.17. The summed E-state index contributed by atoms with van der Waals surface area (Å²) in [6.45, 7) is 1.01. The number of hydrogen-bond donors (Lipinski definition) is 1. The van der Waals surface area contributed by atoms with E-state index < -0.39 is 21.9 Å². The van der Waals surface area contributed by atoms with E-state index in [4.69, 9.17) is 14.2 Å². The number of nitrogens with zero attached hydrogens (tertiary/aromatic N) is 1. The summed E-state index contributed by atoms with van der Waals surface area (Å²) in [6.07, 6.45) is 2.99. The van der Waals surface area contributed by atoms with Gasteiger partial charge in [0.25, 0.3) is 0 Å². The summed E-state index contributed by atoms with van der Waals surface area (Å²) in [6, 6.07) is 12.0. The number of ether oxygens (including phenoxy) is 3. The molecule has 0 atom stereocenters. The highest BCUT2D eigenvalue weighted by molar-refractivity contribution is 7.89. The lowest BCUT2D eigenvalue weighted by Gasteiger charge is -2.30. The lowest BCUT2D eigenvalue weighted by atomic mass is 9.98. The predicted molar refractivity (Wildman–Crippen MR) is 127 cm³/mol. The molecule has 1 fully saturated rings. The largest absolute Gasteiger partial charge is 0.490 e. The Morgan fingerprint density at radius 2 is 1.77 bits per heavy atom. The molecule has 2 aliphatic rings. The van der Waals surface area contributed by atoms with E-state index in [0.717, 1.165) is 17.3 Å². The van der Waals surface area contributed by atoms with Crippen LogP contribution in [0.5, 0.6) is 11.5 Å². The zero-order valence-electron chi connectivity index (χ0n) is 19.1. The van der Waals surface area contributed by atoms with E-state index >= 15 is 0 Å². The molecule has 0 spiro atoms. The molecule has 0 radical (unpaired) electrons. The maximum absolute atomic E-state index is 13.2. The molecule has 2 aliphatic heterocycles. The molecule has 2 aromatic carbocycles. The number of para-hydroxylation sites is 1. The minimum absolute atomic E-state index is 0.132. The third-order valence-electron chi connectivity index (χ3n) is 6.38. The second-order valence-electron chi connectivity index (χ2n) is 8.62. The Morgan fingerprint density at radius 3 is 2.57 bits per heavy atom. The van der Waals surface area contributed by atoms with Crippen LogP contribution >= 0.6 is 0 Å². The van der Waals surface area contributed by atoms with Gasteiger partial charge >= 0.3 is 5.97 Å². The van der Waals surface area contributed by atoms with Gasteiger partial charge in [0.2, 0.25) is 15.8 Å². The standard InChI is InChI=1S/C25H26N2O7S/c28-22(20-15-26-21-5-2-1-4-19(20)21)16-34-25(29)17-8-10-27(11-9-17)35(30,31)18-6-7-23-24(14-18)33-13-3-12-32-23/h1-2,4-7,14-15,17,26H,3,8-13,16H2. The van der Waals surface area contributed by atoms with Crippen LogP contribution in [0.1, 0.15) is 29.6 Å². The summed E-state index contributed by atoms with van der Waals surface area (Å²) in [5.74, 6) is -0.274. The van der Waals surface area contributed by atoms with Crippen molar-refractivity contribution in [2.24, 2.45) is 5.92 Å². The fourth-order valence-corrected chi connectivity index (χ4v) is 5.91. The van der Waals surface area contributed by atoms with E-state index in [-0.39, 0.29) is 30.4 Å². The third-order valence-corrected chi connectivity index (χ3v) is 8.27. The highest BCUT2D eigenvalue weighted by Crippen LogP contribution is 2.34. The van der Waals surface area contributed by atoms with Gasteiger partial charge < -0.3 is 19.2 Å². The Kier molecular flexibility index (Phi) is 6.48. The van der Waals surface area contributed by atoms with E-state index in [1.807, 2.05) is 24.3 Å². The molecule has 0 aliphatic carbocycles. The zero-order valence-corrected chi connectivity index (χ0v) is 19.9. The van der Waals surface area contributed by atoms with Gasteiger partial charge in [-0.05, 0) is 31.0 Å². The first-order chi connectivity index (χ1) is 16.9. The summed E-state index contributed by atoms with van der Waals surface area (Å²) in [5.41, 5.74) is 1.31. The predicted octanol–water partition coefficient (Wildman–Crippen LogP) is 3.16. The van der Waals surface area contributed by atoms with Gasteiger partial charge in [0, 0.05) is 48.2 Å². The molecule has 0 saturated carbocycles. The molecular formula is C25H26N2O7S. The minimum Gasteiger partial charge on any atom is -0.490 e. The van der Waals surface area contributed by atoms with E-state index in [2.05, 4.69) is 4.98 Å². The fraction of sp³-hybridized carbons (Fsp3) is 0.360. The first kappa shape index (κ1) is 23.4. The van der Waals surface area contributed by atoms with Crippen LogP contribution in [0, 0.1) is 5.92 Å². The van der Waals surface area contributed by atoms with Crippen LogP contribution in [0.3, 0.4) is 0 Å². The molecular weight excluding hydrogens is 472 g/mol. The number of aromatic nitrogens is 1. The molecule has 10 heteroatoms. The Morgan fingerprint density at radius 1 is 1.03 bits per heavy atom. The van der Waals surface area contributed by atoms with Gasteiger partial charge in [-0.25, -0.2) is 8.42 Å². The number of nitrogens with one attached hydrogen (secondary N) is 1. The van der Waals surface area contributed by atoms with Crippen LogP contribution in [0.15, 0.2) is 53.6 Å². The number of carbonyl (C=O) groups is 2. The number of sulfonamides is 1.